The molecule has 0 aliphatic carbocycles. The van der Waals surface area contributed by atoms with Gasteiger partial charge in [-0.2, -0.15) is 0 Å². The van der Waals surface area contributed by atoms with Gasteiger partial charge in [0.05, 0.1) is 6.42 Å². The molecule has 28 heavy (non-hydrogen) atoms. The fourth-order valence-electron chi connectivity index (χ4n) is 3.10. The van der Waals surface area contributed by atoms with E-state index in [9.17, 15) is 14.4 Å². The highest BCUT2D eigenvalue weighted by molar-refractivity contribution is 5.82. The molecule has 0 aromatic heterocycles. The third-order valence-corrected chi connectivity index (χ3v) is 4.61. The molecule has 0 bridgehead atoms. The largest absolute Gasteiger partial charge is 0.444 e. The molecule has 1 aromatic rings. The molecule has 154 valence electrons. The van der Waals surface area contributed by atoms with E-state index >= 15 is 0 Å². The van der Waals surface area contributed by atoms with Gasteiger partial charge in [-0.15, -0.1) is 0 Å². The molecule has 0 spiro atoms. The number of carbonyl (C=O) groups is 3. The molecule has 0 saturated carbocycles. The molecule has 0 atom stereocenters. The van der Waals surface area contributed by atoms with Gasteiger partial charge in [0, 0.05) is 19.1 Å². The van der Waals surface area contributed by atoms with Crippen LogP contribution in [-0.2, 0) is 20.7 Å². The lowest BCUT2D eigenvalue weighted by Crippen LogP contribution is -2.49. The van der Waals surface area contributed by atoms with Crippen molar-refractivity contribution in [2.45, 2.75) is 58.6 Å². The minimum Gasteiger partial charge on any atom is -0.444 e. The number of aryl methyl sites for hydroxylation is 1. The normalized spacial score (nSPS) is 15.1. The summed E-state index contributed by atoms with van der Waals surface area (Å²) in [6.07, 6.45) is 1.21. The number of carbonyl (C=O) groups excluding carboxylic acids is 3. The van der Waals surface area contributed by atoms with Crippen molar-refractivity contribution in [3.05, 3.63) is 35.4 Å². The highest BCUT2D eigenvalue weighted by Crippen LogP contribution is 2.14. The van der Waals surface area contributed by atoms with Crippen LogP contribution in [0.4, 0.5) is 4.79 Å². The molecule has 2 rings (SSSR count). The number of piperidine rings is 1. The third kappa shape index (κ3) is 7.21. The van der Waals surface area contributed by atoms with E-state index < -0.39 is 11.7 Å². The number of likely N-dealkylation sites (tertiary alicyclic amines) is 1. The van der Waals surface area contributed by atoms with Gasteiger partial charge in [-0.3, -0.25) is 9.59 Å². The number of alkyl carbamates (subject to hydrolysis) is 1. The Labute approximate surface area is 166 Å². The molecule has 7 nitrogen and oxygen atoms in total. The molecular weight excluding hydrogens is 358 g/mol. The molecule has 2 N–H and O–H groups in total. The second-order valence-corrected chi connectivity index (χ2v) is 8.18. The average Bonchev–Trinajstić information content (AvgIpc) is 2.61. The number of benzene rings is 1. The van der Waals surface area contributed by atoms with Crippen molar-refractivity contribution in [1.82, 2.24) is 15.5 Å². The van der Waals surface area contributed by atoms with Crippen LogP contribution in [0.3, 0.4) is 0 Å². The Hall–Kier alpha value is -2.57. The fraction of sp³-hybridized carbons (Fsp3) is 0.571. The monoisotopic (exact) mass is 389 g/mol. The number of nitrogens with zero attached hydrogens (tertiary/aromatic N) is 1. The molecule has 1 aromatic carbocycles. The lowest BCUT2D eigenvalue weighted by atomic mass is 10.0. The summed E-state index contributed by atoms with van der Waals surface area (Å²) in [7, 11) is 0. The molecule has 1 aliphatic heterocycles. The first-order chi connectivity index (χ1) is 13.1. The van der Waals surface area contributed by atoms with Gasteiger partial charge >= 0.3 is 6.09 Å². The van der Waals surface area contributed by atoms with E-state index in [1.54, 1.807) is 20.8 Å². The van der Waals surface area contributed by atoms with Crippen LogP contribution >= 0.6 is 0 Å². The number of hydrogen-bond acceptors (Lipinski definition) is 4. The van der Waals surface area contributed by atoms with Gasteiger partial charge in [0.2, 0.25) is 11.8 Å². The fourth-order valence-corrected chi connectivity index (χ4v) is 3.10. The minimum absolute atomic E-state index is 0.00967. The van der Waals surface area contributed by atoms with E-state index in [1.807, 2.05) is 36.1 Å². The third-order valence-electron chi connectivity index (χ3n) is 4.61. The lowest BCUT2D eigenvalue weighted by Gasteiger charge is -2.32. The Morgan fingerprint density at radius 3 is 2.39 bits per heavy atom. The number of amides is 3. The summed E-state index contributed by atoms with van der Waals surface area (Å²) in [5.41, 5.74) is 1.57. The van der Waals surface area contributed by atoms with Gasteiger partial charge in [0.25, 0.3) is 0 Å². The van der Waals surface area contributed by atoms with Crippen molar-refractivity contribution in [3.8, 4) is 0 Å². The van der Waals surface area contributed by atoms with Crippen LogP contribution in [0.2, 0.25) is 0 Å². The van der Waals surface area contributed by atoms with E-state index in [1.165, 1.54) is 0 Å². The standard InChI is InChI=1S/C21H31N3O4/c1-15-7-5-6-8-16(15)13-19(26)24-11-9-17(10-12-24)23-18(25)14-22-20(27)28-21(2,3)4/h5-8,17H,9-14H2,1-4H3,(H,22,27)(H,23,25). The average molecular weight is 389 g/mol. The zero-order valence-electron chi connectivity index (χ0n) is 17.2. The molecule has 3 amide bonds. The maximum atomic E-state index is 12.5. The Kier molecular flexibility index (Phi) is 7.43. The summed E-state index contributed by atoms with van der Waals surface area (Å²) in [6.45, 7) is 8.42. The topological polar surface area (TPSA) is 87.7 Å². The van der Waals surface area contributed by atoms with Crippen LogP contribution in [0.1, 0.15) is 44.7 Å². The number of nitrogens with one attached hydrogen (secondary N) is 2. The summed E-state index contributed by atoms with van der Waals surface area (Å²) in [6, 6.07) is 7.92. The maximum Gasteiger partial charge on any atom is 0.408 e. The van der Waals surface area contributed by atoms with Crippen LogP contribution in [0.25, 0.3) is 0 Å². The Bertz CT molecular complexity index is 704. The molecule has 7 heteroatoms. The van der Waals surface area contributed by atoms with Crippen molar-refractivity contribution in [1.29, 1.82) is 0 Å². The first kappa shape index (κ1) is 21.7. The van der Waals surface area contributed by atoms with Gasteiger partial charge in [-0.1, -0.05) is 24.3 Å². The predicted octanol–water partition coefficient (Wildman–Crippen LogP) is 2.17. The first-order valence-corrected chi connectivity index (χ1v) is 9.72. The second kappa shape index (κ2) is 9.57. The van der Waals surface area contributed by atoms with Crippen LogP contribution in [0.15, 0.2) is 24.3 Å². The zero-order chi connectivity index (χ0) is 20.7. The summed E-state index contributed by atoms with van der Waals surface area (Å²) in [5, 5.41) is 5.36. The first-order valence-electron chi connectivity index (χ1n) is 9.72. The van der Waals surface area contributed by atoms with Gasteiger partial charge in [0.1, 0.15) is 12.1 Å². The summed E-state index contributed by atoms with van der Waals surface area (Å²) >= 11 is 0. The van der Waals surface area contributed by atoms with E-state index in [0.29, 0.717) is 32.4 Å². The SMILES string of the molecule is Cc1ccccc1CC(=O)N1CCC(NC(=O)CNC(=O)OC(C)(C)C)CC1. The van der Waals surface area contributed by atoms with Crippen LogP contribution in [0.5, 0.6) is 0 Å². The zero-order valence-corrected chi connectivity index (χ0v) is 17.2. The van der Waals surface area contributed by atoms with E-state index in [2.05, 4.69) is 10.6 Å². The van der Waals surface area contributed by atoms with Crippen molar-refractivity contribution >= 4 is 17.9 Å². The van der Waals surface area contributed by atoms with Crippen LogP contribution < -0.4 is 10.6 Å². The number of hydrogen-bond donors (Lipinski definition) is 2. The summed E-state index contributed by atoms with van der Waals surface area (Å²) in [4.78, 5) is 38.0. The number of rotatable bonds is 5. The summed E-state index contributed by atoms with van der Waals surface area (Å²) in [5.74, 6) is -0.138. The van der Waals surface area contributed by atoms with Crippen LogP contribution in [-0.4, -0.2) is 54.1 Å². The quantitative estimate of drug-likeness (QED) is 0.808. The Balaban J connectivity index is 1.70. The van der Waals surface area contributed by atoms with Crippen molar-refractivity contribution < 1.29 is 19.1 Å². The van der Waals surface area contributed by atoms with Gasteiger partial charge in [0.15, 0.2) is 0 Å². The molecule has 1 saturated heterocycles. The van der Waals surface area contributed by atoms with Crippen molar-refractivity contribution in [2.24, 2.45) is 0 Å². The highest BCUT2D eigenvalue weighted by Gasteiger charge is 2.24. The lowest BCUT2D eigenvalue weighted by molar-refractivity contribution is -0.131. The summed E-state index contributed by atoms with van der Waals surface area (Å²) < 4.78 is 5.10. The smallest absolute Gasteiger partial charge is 0.408 e. The van der Waals surface area contributed by atoms with E-state index in [4.69, 9.17) is 4.74 Å². The molecule has 1 heterocycles. The van der Waals surface area contributed by atoms with E-state index in [0.717, 1.165) is 11.1 Å². The maximum absolute atomic E-state index is 12.5. The van der Waals surface area contributed by atoms with Gasteiger partial charge in [-0.25, -0.2) is 4.79 Å². The van der Waals surface area contributed by atoms with E-state index in [-0.39, 0.29) is 24.4 Å². The molecule has 1 fully saturated rings. The predicted molar refractivity (Wildman–Crippen MR) is 107 cm³/mol. The second-order valence-electron chi connectivity index (χ2n) is 8.18. The molecular formula is C21H31N3O4. The van der Waals surface area contributed by atoms with Crippen molar-refractivity contribution in [2.75, 3.05) is 19.6 Å². The Morgan fingerprint density at radius 1 is 1.14 bits per heavy atom. The Morgan fingerprint density at radius 2 is 1.79 bits per heavy atom. The van der Waals surface area contributed by atoms with Gasteiger partial charge in [-0.05, 0) is 51.7 Å². The van der Waals surface area contributed by atoms with Gasteiger partial charge < -0.3 is 20.3 Å². The number of ether oxygens (including phenoxy) is 1. The van der Waals surface area contributed by atoms with Crippen LogP contribution in [0, 0.1) is 6.92 Å². The minimum atomic E-state index is -0.612. The highest BCUT2D eigenvalue weighted by atomic mass is 16.6. The van der Waals surface area contributed by atoms with Crippen molar-refractivity contribution in [3.63, 3.8) is 0 Å². The molecule has 0 unspecified atom stereocenters. The molecule has 0 radical (unpaired) electrons. The molecule has 1 aliphatic rings.